The van der Waals surface area contributed by atoms with Crippen molar-refractivity contribution in [3.05, 3.63) is 83.0 Å². The first-order valence-corrected chi connectivity index (χ1v) is 11.1. The van der Waals surface area contributed by atoms with Crippen LogP contribution < -0.4 is 20.9 Å². The van der Waals surface area contributed by atoms with Gasteiger partial charge in [-0.05, 0) is 71.0 Å². The van der Waals surface area contributed by atoms with E-state index in [2.05, 4.69) is 23.3 Å². The van der Waals surface area contributed by atoms with Crippen molar-refractivity contribution in [3.8, 4) is 16.9 Å². The molecule has 0 fully saturated rings. The van der Waals surface area contributed by atoms with E-state index in [0.717, 1.165) is 49.4 Å². The quantitative estimate of drug-likeness (QED) is 0.298. The molecule has 7 heteroatoms. The maximum atomic E-state index is 12.0. The third-order valence-corrected chi connectivity index (χ3v) is 6.38. The lowest BCUT2D eigenvalue weighted by atomic mass is 9.93. The SMILES string of the molecule is COc1ccc(CNCc2c[nH]c3c(C(N)=O)ccc(-c4cccc(SN)c4C)c23)cc1. The van der Waals surface area contributed by atoms with Gasteiger partial charge in [0.25, 0.3) is 5.91 Å². The summed E-state index contributed by atoms with van der Waals surface area (Å²) in [6.45, 7) is 3.40. The second kappa shape index (κ2) is 9.48. The van der Waals surface area contributed by atoms with Gasteiger partial charge in [-0.2, -0.15) is 0 Å². The fourth-order valence-corrected chi connectivity index (χ4v) is 4.45. The zero-order chi connectivity index (χ0) is 22.7. The fourth-order valence-electron chi connectivity index (χ4n) is 4.01. The van der Waals surface area contributed by atoms with Gasteiger partial charge in [-0.25, -0.2) is 0 Å². The van der Waals surface area contributed by atoms with Crippen molar-refractivity contribution in [2.75, 3.05) is 7.11 Å². The summed E-state index contributed by atoms with van der Waals surface area (Å²) >= 11 is 1.23. The van der Waals surface area contributed by atoms with Crippen LogP contribution in [0.4, 0.5) is 0 Å². The molecule has 0 aliphatic rings. The summed E-state index contributed by atoms with van der Waals surface area (Å²) < 4.78 is 5.22. The Labute approximate surface area is 191 Å². The average molecular weight is 447 g/mol. The molecule has 0 radical (unpaired) electrons. The van der Waals surface area contributed by atoms with Gasteiger partial charge >= 0.3 is 0 Å². The van der Waals surface area contributed by atoms with Crippen LogP contribution in [-0.4, -0.2) is 18.0 Å². The van der Waals surface area contributed by atoms with E-state index < -0.39 is 5.91 Å². The molecular formula is C25H26N4O2S. The summed E-state index contributed by atoms with van der Waals surface area (Å²) in [4.78, 5) is 16.3. The number of nitrogens with two attached hydrogens (primary N) is 2. The fraction of sp³-hybridized carbons (Fsp3) is 0.160. The molecular weight excluding hydrogens is 420 g/mol. The molecule has 1 heterocycles. The summed E-state index contributed by atoms with van der Waals surface area (Å²) in [5.41, 5.74) is 12.3. The van der Waals surface area contributed by atoms with Gasteiger partial charge in [0.1, 0.15) is 5.75 Å². The van der Waals surface area contributed by atoms with Gasteiger partial charge in [0.2, 0.25) is 0 Å². The molecule has 3 aromatic carbocycles. The van der Waals surface area contributed by atoms with Gasteiger partial charge < -0.3 is 20.8 Å². The molecule has 0 saturated heterocycles. The van der Waals surface area contributed by atoms with Crippen molar-refractivity contribution in [3.63, 3.8) is 0 Å². The van der Waals surface area contributed by atoms with Crippen LogP contribution in [0, 0.1) is 6.92 Å². The summed E-state index contributed by atoms with van der Waals surface area (Å²) in [6.07, 6.45) is 1.94. The van der Waals surface area contributed by atoms with Crippen molar-refractivity contribution in [1.29, 1.82) is 0 Å². The number of benzene rings is 3. The van der Waals surface area contributed by atoms with Crippen molar-refractivity contribution >= 4 is 28.8 Å². The topological polar surface area (TPSA) is 106 Å². The standard InChI is InChI=1S/C25H26N4O2S/c1-15-19(4-3-5-22(15)32-27)20-10-11-21(25(26)30)24-23(20)17(14-29-24)13-28-12-16-6-8-18(31-2)9-7-16/h3-11,14,28-29H,12-13,27H2,1-2H3,(H2,26,30). The number of carbonyl (C=O) groups is 1. The Hall–Kier alpha value is -3.26. The monoisotopic (exact) mass is 446 g/mol. The van der Waals surface area contributed by atoms with Gasteiger partial charge in [0, 0.05) is 29.6 Å². The first kappa shape index (κ1) is 22.0. The van der Waals surface area contributed by atoms with E-state index in [-0.39, 0.29) is 0 Å². The van der Waals surface area contributed by atoms with E-state index in [9.17, 15) is 4.79 Å². The molecule has 0 aliphatic heterocycles. The molecule has 0 saturated carbocycles. The Kier molecular flexibility index (Phi) is 6.50. The van der Waals surface area contributed by atoms with E-state index in [1.165, 1.54) is 11.9 Å². The number of ether oxygens (including phenoxy) is 1. The number of hydrogen-bond acceptors (Lipinski definition) is 5. The third kappa shape index (κ3) is 4.23. The number of nitrogens with one attached hydrogen (secondary N) is 2. The molecule has 4 aromatic rings. The summed E-state index contributed by atoms with van der Waals surface area (Å²) in [7, 11) is 1.66. The molecule has 0 bridgehead atoms. The second-order valence-corrected chi connectivity index (χ2v) is 8.26. The molecule has 6 N–H and O–H groups in total. The van der Waals surface area contributed by atoms with Gasteiger partial charge in [0.05, 0.1) is 18.2 Å². The number of fused-ring (bicyclic) bond motifs is 1. The first-order valence-electron chi connectivity index (χ1n) is 10.3. The summed E-state index contributed by atoms with van der Waals surface area (Å²) in [5, 5.41) is 10.3. The van der Waals surface area contributed by atoms with Gasteiger partial charge in [-0.3, -0.25) is 9.93 Å². The Balaban J connectivity index is 1.71. The van der Waals surface area contributed by atoms with Crippen molar-refractivity contribution in [2.45, 2.75) is 24.9 Å². The van der Waals surface area contributed by atoms with Crippen molar-refractivity contribution in [2.24, 2.45) is 10.9 Å². The lowest BCUT2D eigenvalue weighted by Crippen LogP contribution is -2.13. The van der Waals surface area contributed by atoms with Crippen LogP contribution in [-0.2, 0) is 13.1 Å². The highest BCUT2D eigenvalue weighted by Gasteiger charge is 2.18. The van der Waals surface area contributed by atoms with Crippen LogP contribution in [0.2, 0.25) is 0 Å². The Morgan fingerprint density at radius 1 is 1.06 bits per heavy atom. The molecule has 0 atom stereocenters. The van der Waals surface area contributed by atoms with E-state index in [1.807, 2.05) is 48.7 Å². The molecule has 1 amide bonds. The van der Waals surface area contributed by atoms with Crippen LogP contribution in [0.25, 0.3) is 22.0 Å². The van der Waals surface area contributed by atoms with Crippen molar-refractivity contribution in [1.82, 2.24) is 10.3 Å². The largest absolute Gasteiger partial charge is 0.497 e. The zero-order valence-corrected chi connectivity index (χ0v) is 18.9. The number of aromatic nitrogens is 1. The number of methoxy groups -OCH3 is 1. The first-order chi connectivity index (χ1) is 15.5. The van der Waals surface area contributed by atoms with Crippen LogP contribution in [0.5, 0.6) is 5.75 Å². The maximum absolute atomic E-state index is 12.0. The molecule has 4 rings (SSSR count). The predicted molar refractivity (Wildman–Crippen MR) is 131 cm³/mol. The molecule has 0 unspecified atom stereocenters. The van der Waals surface area contributed by atoms with Crippen LogP contribution >= 0.6 is 11.9 Å². The Bertz CT molecular complexity index is 1270. The van der Waals surface area contributed by atoms with E-state index in [4.69, 9.17) is 15.6 Å². The number of carbonyl (C=O) groups excluding carboxylic acids is 1. The number of primary amides is 1. The Morgan fingerprint density at radius 2 is 1.84 bits per heavy atom. The predicted octanol–water partition coefficient (Wildman–Crippen LogP) is 4.51. The van der Waals surface area contributed by atoms with Gasteiger partial charge in [-0.1, -0.05) is 30.3 Å². The molecule has 1 aromatic heterocycles. The second-order valence-electron chi connectivity index (χ2n) is 7.59. The minimum Gasteiger partial charge on any atom is -0.497 e. The lowest BCUT2D eigenvalue weighted by Gasteiger charge is -2.14. The maximum Gasteiger partial charge on any atom is 0.250 e. The van der Waals surface area contributed by atoms with E-state index >= 15 is 0 Å². The van der Waals surface area contributed by atoms with Gasteiger partial charge in [-0.15, -0.1) is 0 Å². The number of hydrogen-bond donors (Lipinski definition) is 4. The average Bonchev–Trinajstić information content (AvgIpc) is 3.23. The number of amides is 1. The minimum atomic E-state index is -0.455. The molecule has 6 nitrogen and oxygen atoms in total. The van der Waals surface area contributed by atoms with Crippen LogP contribution in [0.1, 0.15) is 27.0 Å². The third-order valence-electron chi connectivity index (χ3n) is 5.69. The highest BCUT2D eigenvalue weighted by molar-refractivity contribution is 7.97. The molecule has 0 spiro atoms. The summed E-state index contributed by atoms with van der Waals surface area (Å²) in [5.74, 6) is 0.381. The van der Waals surface area contributed by atoms with Gasteiger partial charge in [0.15, 0.2) is 0 Å². The lowest BCUT2D eigenvalue weighted by molar-refractivity contribution is 0.100. The number of aromatic amines is 1. The number of H-pyrrole nitrogens is 1. The van der Waals surface area contributed by atoms with E-state index in [1.54, 1.807) is 13.2 Å². The van der Waals surface area contributed by atoms with Crippen molar-refractivity contribution < 1.29 is 9.53 Å². The summed E-state index contributed by atoms with van der Waals surface area (Å²) in [6, 6.07) is 17.8. The van der Waals surface area contributed by atoms with Crippen LogP contribution in [0.15, 0.2) is 65.7 Å². The number of rotatable bonds is 8. The van der Waals surface area contributed by atoms with E-state index in [0.29, 0.717) is 18.7 Å². The zero-order valence-electron chi connectivity index (χ0n) is 18.1. The Morgan fingerprint density at radius 3 is 2.53 bits per heavy atom. The molecule has 32 heavy (non-hydrogen) atoms. The molecule has 164 valence electrons. The minimum absolute atomic E-state index is 0.455. The highest BCUT2D eigenvalue weighted by atomic mass is 32.2. The highest BCUT2D eigenvalue weighted by Crippen LogP contribution is 2.37. The smallest absolute Gasteiger partial charge is 0.250 e. The molecule has 0 aliphatic carbocycles. The normalized spacial score (nSPS) is 11.1. The van der Waals surface area contributed by atoms with Crippen LogP contribution in [0.3, 0.4) is 0 Å².